The summed E-state index contributed by atoms with van der Waals surface area (Å²) in [6.45, 7) is 2.70. The number of sulfonamides is 1. The fourth-order valence-electron chi connectivity index (χ4n) is 4.94. The Morgan fingerprint density at radius 3 is 1.72 bits per heavy atom. The molecular weight excluding hydrogens is 566 g/mol. The zero-order valence-electron chi connectivity index (χ0n) is 24.0. The van der Waals surface area contributed by atoms with Gasteiger partial charge in [0, 0.05) is 0 Å². The van der Waals surface area contributed by atoms with Crippen molar-refractivity contribution >= 4 is 10.0 Å². The van der Waals surface area contributed by atoms with Crippen molar-refractivity contribution in [1.82, 2.24) is 4.72 Å². The molecule has 4 aromatic carbocycles. The first kappa shape index (κ1) is 31.0. The van der Waals surface area contributed by atoms with Crippen LogP contribution in [-0.4, -0.2) is 50.8 Å². The van der Waals surface area contributed by atoms with Gasteiger partial charge in [0.1, 0.15) is 24.4 Å². The highest BCUT2D eigenvalue weighted by Gasteiger charge is 2.48. The predicted molar refractivity (Wildman–Crippen MR) is 162 cm³/mol. The van der Waals surface area contributed by atoms with Gasteiger partial charge in [0.25, 0.3) is 0 Å². The summed E-state index contributed by atoms with van der Waals surface area (Å²) >= 11 is 0. The van der Waals surface area contributed by atoms with E-state index in [2.05, 4.69) is 4.72 Å². The van der Waals surface area contributed by atoms with E-state index in [9.17, 15) is 13.5 Å². The van der Waals surface area contributed by atoms with E-state index in [0.29, 0.717) is 6.61 Å². The Labute approximate surface area is 253 Å². The maximum atomic E-state index is 13.5. The van der Waals surface area contributed by atoms with Gasteiger partial charge in [-0.25, -0.2) is 13.1 Å². The van der Waals surface area contributed by atoms with Crippen LogP contribution < -0.4 is 4.72 Å². The van der Waals surface area contributed by atoms with E-state index in [1.165, 1.54) is 12.1 Å². The molecule has 9 heteroatoms. The fraction of sp³-hybridized carbons (Fsp3) is 0.294. The third-order valence-corrected chi connectivity index (χ3v) is 8.73. The topological polar surface area (TPSA) is 103 Å². The zero-order chi connectivity index (χ0) is 30.1. The Bertz CT molecular complexity index is 1500. The highest BCUT2D eigenvalue weighted by atomic mass is 32.2. The van der Waals surface area contributed by atoms with Crippen molar-refractivity contribution < 1.29 is 32.5 Å². The molecule has 0 bridgehead atoms. The van der Waals surface area contributed by atoms with Gasteiger partial charge in [0.15, 0.2) is 6.29 Å². The molecule has 0 amide bonds. The molecular formula is C34H37NO7S. The van der Waals surface area contributed by atoms with E-state index >= 15 is 0 Å². The number of aryl methyl sites for hydroxylation is 1. The van der Waals surface area contributed by atoms with Crippen molar-refractivity contribution in [2.45, 2.75) is 62.3 Å². The van der Waals surface area contributed by atoms with Crippen molar-refractivity contribution in [3.05, 3.63) is 138 Å². The highest BCUT2D eigenvalue weighted by molar-refractivity contribution is 7.89. The highest BCUT2D eigenvalue weighted by Crippen LogP contribution is 2.29. The van der Waals surface area contributed by atoms with E-state index in [-0.39, 0.29) is 24.7 Å². The summed E-state index contributed by atoms with van der Waals surface area (Å²) in [4.78, 5) is 0.0715. The van der Waals surface area contributed by atoms with Gasteiger partial charge in [0.2, 0.25) is 10.0 Å². The number of aliphatic hydroxyl groups excluding tert-OH is 1. The standard InChI is InChI=1S/C34H37NO7S/c1-25-17-19-29(20-18-25)43(37,38)35-31-33(41-23-28-15-9-4-10-16-28)32(40-22-27-13-7-3-8-14-27)30(42-34(31)36)24-39-21-26-11-5-2-6-12-26/h2-20,30-36H,21-24H2,1H3/t30-,31-,32-,33-,34+/m1/s1. The van der Waals surface area contributed by atoms with E-state index in [1.807, 2.05) is 97.9 Å². The van der Waals surface area contributed by atoms with Crippen molar-refractivity contribution in [2.24, 2.45) is 0 Å². The van der Waals surface area contributed by atoms with E-state index in [1.54, 1.807) is 12.1 Å². The summed E-state index contributed by atoms with van der Waals surface area (Å²) in [5.41, 5.74) is 3.73. The van der Waals surface area contributed by atoms with Crippen molar-refractivity contribution in [3.63, 3.8) is 0 Å². The molecule has 0 aliphatic carbocycles. The largest absolute Gasteiger partial charge is 0.374 e. The van der Waals surface area contributed by atoms with Crippen molar-refractivity contribution in [1.29, 1.82) is 0 Å². The van der Waals surface area contributed by atoms with Crippen LogP contribution in [0.4, 0.5) is 0 Å². The Balaban J connectivity index is 1.42. The van der Waals surface area contributed by atoms with Crippen LogP contribution in [0.2, 0.25) is 0 Å². The Kier molecular flexibility index (Phi) is 10.7. The molecule has 4 aromatic rings. The van der Waals surface area contributed by atoms with Gasteiger partial charge in [-0.05, 0) is 35.7 Å². The first-order valence-corrected chi connectivity index (χ1v) is 15.7. The zero-order valence-corrected chi connectivity index (χ0v) is 24.8. The second kappa shape index (κ2) is 14.9. The Morgan fingerprint density at radius 1 is 0.698 bits per heavy atom. The van der Waals surface area contributed by atoms with E-state index in [4.69, 9.17) is 18.9 Å². The quantitative estimate of drug-likeness (QED) is 0.227. The maximum Gasteiger partial charge on any atom is 0.241 e. The number of benzene rings is 4. The van der Waals surface area contributed by atoms with Crippen LogP contribution in [0.3, 0.4) is 0 Å². The second-order valence-electron chi connectivity index (χ2n) is 10.5. The number of nitrogens with one attached hydrogen (secondary N) is 1. The number of rotatable bonds is 13. The summed E-state index contributed by atoms with van der Waals surface area (Å²) < 4.78 is 54.5. The minimum atomic E-state index is -4.04. The summed E-state index contributed by atoms with van der Waals surface area (Å²) in [6, 6.07) is 34.2. The van der Waals surface area contributed by atoms with Crippen LogP contribution in [0.5, 0.6) is 0 Å². The molecule has 1 saturated heterocycles. The minimum absolute atomic E-state index is 0.0715. The lowest BCUT2D eigenvalue weighted by Crippen LogP contribution is -2.65. The predicted octanol–water partition coefficient (Wildman–Crippen LogP) is 4.75. The van der Waals surface area contributed by atoms with Gasteiger partial charge < -0.3 is 24.1 Å². The van der Waals surface area contributed by atoms with Gasteiger partial charge in [-0.15, -0.1) is 0 Å². The fourth-order valence-corrected chi connectivity index (χ4v) is 6.18. The van der Waals surface area contributed by atoms with Crippen LogP contribution in [0, 0.1) is 6.92 Å². The lowest BCUT2D eigenvalue weighted by Gasteiger charge is -2.44. The molecule has 43 heavy (non-hydrogen) atoms. The van der Waals surface area contributed by atoms with Crippen LogP contribution in [0.1, 0.15) is 22.3 Å². The maximum absolute atomic E-state index is 13.5. The van der Waals surface area contributed by atoms with Crippen LogP contribution in [0.15, 0.2) is 120 Å². The molecule has 226 valence electrons. The Morgan fingerprint density at radius 2 is 1.19 bits per heavy atom. The van der Waals surface area contributed by atoms with Gasteiger partial charge >= 0.3 is 0 Å². The number of hydrogen-bond acceptors (Lipinski definition) is 7. The third kappa shape index (κ3) is 8.58. The van der Waals surface area contributed by atoms with Gasteiger partial charge in [-0.1, -0.05) is 109 Å². The third-order valence-electron chi connectivity index (χ3n) is 7.25. The van der Waals surface area contributed by atoms with E-state index < -0.39 is 40.7 Å². The summed E-state index contributed by atoms with van der Waals surface area (Å²) in [6.07, 6.45) is -3.97. The van der Waals surface area contributed by atoms with Crippen molar-refractivity contribution in [2.75, 3.05) is 6.61 Å². The minimum Gasteiger partial charge on any atom is -0.374 e. The molecule has 2 N–H and O–H groups in total. The first-order valence-electron chi connectivity index (χ1n) is 14.2. The van der Waals surface area contributed by atoms with Crippen molar-refractivity contribution in [3.8, 4) is 0 Å². The number of aliphatic hydroxyl groups is 1. The molecule has 8 nitrogen and oxygen atoms in total. The monoisotopic (exact) mass is 603 g/mol. The van der Waals surface area contributed by atoms with Gasteiger partial charge in [0.05, 0.1) is 31.3 Å². The molecule has 5 atom stereocenters. The molecule has 0 saturated carbocycles. The first-order chi connectivity index (χ1) is 20.9. The molecule has 5 rings (SSSR count). The van der Waals surface area contributed by atoms with Crippen LogP contribution in [0.25, 0.3) is 0 Å². The second-order valence-corrected chi connectivity index (χ2v) is 12.3. The molecule has 1 aliphatic heterocycles. The smallest absolute Gasteiger partial charge is 0.241 e. The number of ether oxygens (including phenoxy) is 4. The summed E-state index contributed by atoms with van der Waals surface area (Å²) in [7, 11) is -4.04. The lowest BCUT2D eigenvalue weighted by atomic mass is 9.97. The Hall–Kier alpha value is -3.41. The average molecular weight is 604 g/mol. The van der Waals surface area contributed by atoms with E-state index in [0.717, 1.165) is 22.3 Å². The van der Waals surface area contributed by atoms with Gasteiger partial charge in [-0.2, -0.15) is 0 Å². The van der Waals surface area contributed by atoms with Gasteiger partial charge in [-0.3, -0.25) is 0 Å². The molecule has 0 unspecified atom stereocenters. The molecule has 1 heterocycles. The lowest BCUT2D eigenvalue weighted by molar-refractivity contribution is -0.276. The van der Waals surface area contributed by atoms with Crippen LogP contribution in [-0.2, 0) is 48.8 Å². The number of hydrogen-bond donors (Lipinski definition) is 2. The molecule has 0 spiro atoms. The van der Waals surface area contributed by atoms with Crippen LogP contribution >= 0.6 is 0 Å². The molecule has 1 fully saturated rings. The average Bonchev–Trinajstić information content (AvgIpc) is 3.02. The summed E-state index contributed by atoms with van der Waals surface area (Å²) in [5, 5.41) is 11.2. The molecule has 0 radical (unpaired) electrons. The molecule has 0 aromatic heterocycles. The molecule has 1 aliphatic rings. The normalized spacial score (nSPS) is 22.3. The SMILES string of the molecule is Cc1ccc(S(=O)(=O)N[C@@H]2[C@@H](OCc3ccccc3)[C@H](OCc3ccccc3)[C@@H](COCc3ccccc3)O[C@@H]2O)cc1. The summed E-state index contributed by atoms with van der Waals surface area (Å²) in [5.74, 6) is 0.